The first-order valence-electron chi connectivity index (χ1n) is 7.11. The SMILES string of the molecule is CC(=O)c1cccc(NC(=O)C2CCCCC2(C)N)c1.Cl. The number of anilines is 1. The van der Waals surface area contributed by atoms with Gasteiger partial charge < -0.3 is 11.1 Å². The van der Waals surface area contributed by atoms with Crippen molar-refractivity contribution >= 4 is 29.8 Å². The van der Waals surface area contributed by atoms with Crippen molar-refractivity contribution < 1.29 is 9.59 Å². The fourth-order valence-corrected chi connectivity index (χ4v) is 2.83. The van der Waals surface area contributed by atoms with Crippen molar-refractivity contribution in [3.05, 3.63) is 29.8 Å². The van der Waals surface area contributed by atoms with Gasteiger partial charge in [-0.05, 0) is 38.8 Å². The summed E-state index contributed by atoms with van der Waals surface area (Å²) in [5.74, 6) is -0.227. The van der Waals surface area contributed by atoms with Crippen LogP contribution in [0.15, 0.2) is 24.3 Å². The second-order valence-electron chi connectivity index (χ2n) is 5.93. The summed E-state index contributed by atoms with van der Waals surface area (Å²) in [6.07, 6.45) is 3.82. The number of benzene rings is 1. The number of hydrogen-bond acceptors (Lipinski definition) is 3. The number of rotatable bonds is 3. The number of nitrogens with two attached hydrogens (primary N) is 1. The van der Waals surface area contributed by atoms with Gasteiger partial charge in [0.2, 0.25) is 5.91 Å². The Balaban J connectivity index is 0.00000220. The van der Waals surface area contributed by atoms with Gasteiger partial charge in [0, 0.05) is 16.8 Å². The molecular weight excluding hydrogens is 288 g/mol. The predicted molar refractivity (Wildman–Crippen MR) is 86.9 cm³/mol. The van der Waals surface area contributed by atoms with Crippen LogP contribution in [0.25, 0.3) is 0 Å². The summed E-state index contributed by atoms with van der Waals surface area (Å²) in [4.78, 5) is 23.7. The van der Waals surface area contributed by atoms with E-state index in [-0.39, 0.29) is 30.0 Å². The van der Waals surface area contributed by atoms with E-state index in [1.807, 2.05) is 6.92 Å². The lowest BCUT2D eigenvalue weighted by molar-refractivity contribution is -0.122. The quantitative estimate of drug-likeness (QED) is 0.842. The first-order valence-corrected chi connectivity index (χ1v) is 7.11. The molecule has 1 fully saturated rings. The monoisotopic (exact) mass is 310 g/mol. The summed E-state index contributed by atoms with van der Waals surface area (Å²) in [5, 5.41) is 2.89. The molecule has 4 nitrogen and oxygen atoms in total. The second-order valence-corrected chi connectivity index (χ2v) is 5.93. The van der Waals surface area contributed by atoms with Crippen molar-refractivity contribution in [2.45, 2.75) is 45.1 Å². The van der Waals surface area contributed by atoms with Crippen molar-refractivity contribution in [1.82, 2.24) is 0 Å². The Hall–Kier alpha value is -1.39. The Kier molecular flexibility index (Phi) is 5.93. The molecule has 0 radical (unpaired) electrons. The number of carbonyl (C=O) groups excluding carboxylic acids is 2. The first kappa shape index (κ1) is 17.7. The molecule has 2 rings (SSSR count). The van der Waals surface area contributed by atoms with E-state index >= 15 is 0 Å². The summed E-state index contributed by atoms with van der Waals surface area (Å²) in [7, 11) is 0. The van der Waals surface area contributed by atoms with Crippen LogP contribution in [0.2, 0.25) is 0 Å². The summed E-state index contributed by atoms with van der Waals surface area (Å²) >= 11 is 0. The molecule has 2 unspecified atom stereocenters. The highest BCUT2D eigenvalue weighted by atomic mass is 35.5. The Bertz CT molecular complexity index is 529. The lowest BCUT2D eigenvalue weighted by Crippen LogP contribution is -2.51. The molecule has 1 aliphatic rings. The molecule has 1 aromatic rings. The van der Waals surface area contributed by atoms with Gasteiger partial charge in [-0.2, -0.15) is 0 Å². The molecule has 1 amide bonds. The molecule has 0 aromatic heterocycles. The van der Waals surface area contributed by atoms with Crippen molar-refractivity contribution in [2.24, 2.45) is 11.7 Å². The van der Waals surface area contributed by atoms with Gasteiger partial charge in [-0.1, -0.05) is 25.0 Å². The van der Waals surface area contributed by atoms with Crippen LogP contribution in [0.5, 0.6) is 0 Å². The number of Topliss-reactive ketones (excluding diaryl/α,β-unsaturated/α-hetero) is 1. The van der Waals surface area contributed by atoms with Gasteiger partial charge in [0.25, 0.3) is 0 Å². The predicted octanol–water partition coefficient (Wildman–Crippen LogP) is 3.16. The molecule has 0 bridgehead atoms. The van der Waals surface area contributed by atoms with Gasteiger partial charge in [0.05, 0.1) is 5.92 Å². The highest BCUT2D eigenvalue weighted by molar-refractivity contribution is 5.97. The van der Waals surface area contributed by atoms with E-state index < -0.39 is 5.54 Å². The van der Waals surface area contributed by atoms with Gasteiger partial charge >= 0.3 is 0 Å². The number of nitrogens with one attached hydrogen (secondary N) is 1. The number of ketones is 1. The molecule has 1 aromatic carbocycles. The lowest BCUT2D eigenvalue weighted by atomic mass is 9.74. The number of amides is 1. The minimum atomic E-state index is -0.444. The van der Waals surface area contributed by atoms with E-state index in [9.17, 15) is 9.59 Å². The van der Waals surface area contributed by atoms with E-state index in [0.29, 0.717) is 11.3 Å². The molecule has 1 aliphatic carbocycles. The summed E-state index contributed by atoms with van der Waals surface area (Å²) < 4.78 is 0. The van der Waals surface area contributed by atoms with E-state index in [2.05, 4.69) is 5.32 Å². The highest BCUT2D eigenvalue weighted by Gasteiger charge is 2.37. The zero-order valence-corrected chi connectivity index (χ0v) is 13.3. The normalized spacial score (nSPS) is 24.8. The Morgan fingerprint density at radius 3 is 2.67 bits per heavy atom. The van der Waals surface area contributed by atoms with Crippen LogP contribution in [-0.4, -0.2) is 17.2 Å². The molecule has 0 saturated heterocycles. The minimum Gasteiger partial charge on any atom is -0.326 e. The van der Waals surface area contributed by atoms with Gasteiger partial charge in [0.1, 0.15) is 0 Å². The first-order chi connectivity index (χ1) is 9.40. The zero-order chi connectivity index (χ0) is 14.8. The van der Waals surface area contributed by atoms with E-state index in [0.717, 1.165) is 25.7 Å². The third-order valence-electron chi connectivity index (χ3n) is 4.11. The third-order valence-corrected chi connectivity index (χ3v) is 4.11. The van der Waals surface area contributed by atoms with Gasteiger partial charge in [-0.15, -0.1) is 12.4 Å². The van der Waals surface area contributed by atoms with Crippen molar-refractivity contribution in [3.63, 3.8) is 0 Å². The summed E-state index contributed by atoms with van der Waals surface area (Å²) in [5.41, 5.74) is 7.05. The standard InChI is InChI=1S/C16H22N2O2.ClH/c1-11(19)12-6-5-7-13(10-12)18-15(20)14-8-3-4-9-16(14,2)17;/h5-7,10,14H,3-4,8-9,17H2,1-2H3,(H,18,20);1H. The van der Waals surface area contributed by atoms with Crippen LogP contribution in [0.4, 0.5) is 5.69 Å². The van der Waals surface area contributed by atoms with Crippen LogP contribution >= 0.6 is 12.4 Å². The maximum Gasteiger partial charge on any atom is 0.229 e. The number of hydrogen-bond donors (Lipinski definition) is 2. The molecule has 0 spiro atoms. The number of halogens is 1. The van der Waals surface area contributed by atoms with E-state index in [4.69, 9.17) is 5.73 Å². The average Bonchev–Trinajstić information content (AvgIpc) is 2.38. The maximum absolute atomic E-state index is 12.4. The van der Waals surface area contributed by atoms with Crippen molar-refractivity contribution in [3.8, 4) is 0 Å². The van der Waals surface area contributed by atoms with Crippen LogP contribution in [0.1, 0.15) is 49.9 Å². The van der Waals surface area contributed by atoms with Gasteiger partial charge in [-0.25, -0.2) is 0 Å². The molecular formula is C16H23ClN2O2. The van der Waals surface area contributed by atoms with E-state index in [1.54, 1.807) is 24.3 Å². The molecule has 5 heteroatoms. The average molecular weight is 311 g/mol. The molecule has 2 atom stereocenters. The van der Waals surface area contributed by atoms with Crippen LogP contribution < -0.4 is 11.1 Å². The van der Waals surface area contributed by atoms with E-state index in [1.165, 1.54) is 6.92 Å². The molecule has 3 N–H and O–H groups in total. The molecule has 0 aliphatic heterocycles. The maximum atomic E-state index is 12.4. The highest BCUT2D eigenvalue weighted by Crippen LogP contribution is 2.32. The van der Waals surface area contributed by atoms with Gasteiger partial charge in [0.15, 0.2) is 5.78 Å². The largest absolute Gasteiger partial charge is 0.326 e. The lowest BCUT2D eigenvalue weighted by Gasteiger charge is -2.37. The molecule has 21 heavy (non-hydrogen) atoms. The fourth-order valence-electron chi connectivity index (χ4n) is 2.83. The fraction of sp³-hybridized carbons (Fsp3) is 0.500. The third kappa shape index (κ3) is 4.29. The van der Waals surface area contributed by atoms with Crippen LogP contribution in [-0.2, 0) is 4.79 Å². The smallest absolute Gasteiger partial charge is 0.229 e. The molecule has 0 heterocycles. The molecule has 116 valence electrons. The Morgan fingerprint density at radius 2 is 2.05 bits per heavy atom. The number of carbonyl (C=O) groups is 2. The second kappa shape index (κ2) is 7.05. The van der Waals surface area contributed by atoms with Crippen LogP contribution in [0.3, 0.4) is 0 Å². The Morgan fingerprint density at radius 1 is 1.33 bits per heavy atom. The minimum absolute atomic E-state index is 0. The molecule has 1 saturated carbocycles. The van der Waals surface area contributed by atoms with Gasteiger partial charge in [-0.3, -0.25) is 9.59 Å². The summed E-state index contributed by atoms with van der Waals surface area (Å²) in [6, 6.07) is 7.01. The Labute approximate surface area is 131 Å². The zero-order valence-electron chi connectivity index (χ0n) is 12.5. The van der Waals surface area contributed by atoms with Crippen LogP contribution in [0, 0.1) is 5.92 Å². The summed E-state index contributed by atoms with van der Waals surface area (Å²) in [6.45, 7) is 3.46. The topological polar surface area (TPSA) is 72.2 Å². The van der Waals surface area contributed by atoms with Crippen molar-refractivity contribution in [2.75, 3.05) is 5.32 Å². The van der Waals surface area contributed by atoms with Crippen molar-refractivity contribution in [1.29, 1.82) is 0 Å².